The highest BCUT2D eigenvalue weighted by molar-refractivity contribution is 8.00. The topological polar surface area (TPSA) is 65.9 Å². The number of rotatable bonds is 5. The molecule has 0 spiro atoms. The number of aliphatic carboxylic acids is 1. The quantitative estimate of drug-likeness (QED) is 0.530. The molecule has 1 heterocycles. The van der Waals surface area contributed by atoms with Crippen LogP contribution in [0, 0.1) is 0 Å². The number of benzene rings is 2. The Morgan fingerprint density at radius 3 is 2.50 bits per heavy atom. The van der Waals surface area contributed by atoms with Gasteiger partial charge in [-0.05, 0) is 24.6 Å². The number of carboxylic acids is 1. The van der Waals surface area contributed by atoms with Crippen LogP contribution in [-0.2, 0) is 4.79 Å². The standard InChI is InChI=1S/C19H16N2O2S/c1-13(19(22)23)24-18-15-9-5-6-10-16(15)20-17(21-18)12-11-14-7-3-2-4-8-14/h2-13H,1H3,(H,22,23)/p-1/b12-11+/t13-/m0/s1. The van der Waals surface area contributed by atoms with Crippen LogP contribution in [0.2, 0.25) is 0 Å². The molecular weight excluding hydrogens is 320 g/mol. The van der Waals surface area contributed by atoms with Crippen molar-refractivity contribution in [2.24, 2.45) is 0 Å². The number of carbonyl (C=O) groups excluding carboxylic acids is 1. The van der Waals surface area contributed by atoms with Crippen LogP contribution < -0.4 is 5.11 Å². The number of thioether (sulfide) groups is 1. The normalized spacial score (nSPS) is 12.5. The first-order valence-corrected chi connectivity index (χ1v) is 8.39. The van der Waals surface area contributed by atoms with Crippen molar-refractivity contribution in [3.63, 3.8) is 0 Å². The van der Waals surface area contributed by atoms with Gasteiger partial charge in [0.25, 0.3) is 0 Å². The summed E-state index contributed by atoms with van der Waals surface area (Å²) >= 11 is 1.17. The molecule has 0 N–H and O–H groups in total. The van der Waals surface area contributed by atoms with Crippen LogP contribution in [0.5, 0.6) is 0 Å². The lowest BCUT2D eigenvalue weighted by Crippen LogP contribution is -2.31. The molecule has 1 aromatic heterocycles. The highest BCUT2D eigenvalue weighted by Gasteiger charge is 2.11. The second-order valence-corrected chi connectivity index (χ2v) is 6.56. The van der Waals surface area contributed by atoms with Crippen molar-refractivity contribution in [3.05, 3.63) is 66.0 Å². The summed E-state index contributed by atoms with van der Waals surface area (Å²) in [5, 5.41) is 11.8. The smallest absolute Gasteiger partial charge is 0.153 e. The number of carboxylic acid groups (broad SMARTS) is 1. The monoisotopic (exact) mass is 335 g/mol. The second-order valence-electron chi connectivity index (χ2n) is 5.23. The van der Waals surface area contributed by atoms with Gasteiger partial charge in [0.2, 0.25) is 0 Å². The number of para-hydroxylation sites is 1. The molecule has 0 amide bonds. The van der Waals surface area contributed by atoms with E-state index in [1.54, 1.807) is 6.92 Å². The summed E-state index contributed by atoms with van der Waals surface area (Å²) < 4.78 is 0. The maximum Gasteiger partial charge on any atom is 0.153 e. The molecule has 0 saturated carbocycles. The van der Waals surface area contributed by atoms with Crippen LogP contribution in [0.25, 0.3) is 23.1 Å². The summed E-state index contributed by atoms with van der Waals surface area (Å²) in [6.07, 6.45) is 3.76. The molecule has 4 nitrogen and oxygen atoms in total. The fraction of sp³-hybridized carbons (Fsp3) is 0.105. The molecule has 3 aromatic rings. The average molecular weight is 335 g/mol. The van der Waals surface area contributed by atoms with Gasteiger partial charge >= 0.3 is 0 Å². The molecule has 0 unspecified atom stereocenters. The average Bonchev–Trinajstić information content (AvgIpc) is 2.60. The first kappa shape index (κ1) is 16.2. The molecule has 0 bridgehead atoms. The highest BCUT2D eigenvalue weighted by atomic mass is 32.2. The molecule has 1 atom stereocenters. The van der Waals surface area contributed by atoms with E-state index in [1.807, 2.05) is 66.7 Å². The Balaban J connectivity index is 2.00. The van der Waals surface area contributed by atoms with Gasteiger partial charge in [0.1, 0.15) is 5.03 Å². The van der Waals surface area contributed by atoms with Gasteiger partial charge in [0.05, 0.1) is 11.5 Å². The van der Waals surface area contributed by atoms with E-state index in [2.05, 4.69) is 9.97 Å². The Morgan fingerprint density at radius 1 is 1.04 bits per heavy atom. The van der Waals surface area contributed by atoms with Crippen molar-refractivity contribution in [1.82, 2.24) is 9.97 Å². The number of aromatic nitrogens is 2. The van der Waals surface area contributed by atoms with Crippen LogP contribution in [0.1, 0.15) is 18.3 Å². The van der Waals surface area contributed by atoms with Crippen molar-refractivity contribution in [3.8, 4) is 0 Å². The molecular formula is C19H15N2O2S-. The van der Waals surface area contributed by atoms with E-state index in [4.69, 9.17) is 0 Å². The van der Waals surface area contributed by atoms with Gasteiger partial charge in [-0.1, -0.05) is 66.4 Å². The van der Waals surface area contributed by atoms with Crippen LogP contribution in [0.15, 0.2) is 59.6 Å². The van der Waals surface area contributed by atoms with Crippen molar-refractivity contribution < 1.29 is 9.90 Å². The number of hydrogen-bond donors (Lipinski definition) is 0. The minimum atomic E-state index is -1.11. The molecule has 5 heteroatoms. The molecule has 0 saturated heterocycles. The molecule has 0 radical (unpaired) electrons. The highest BCUT2D eigenvalue weighted by Crippen LogP contribution is 2.28. The first-order valence-electron chi connectivity index (χ1n) is 7.51. The second kappa shape index (κ2) is 7.27. The predicted octanol–water partition coefficient (Wildman–Crippen LogP) is 3.03. The molecule has 24 heavy (non-hydrogen) atoms. The third kappa shape index (κ3) is 3.81. The Hall–Kier alpha value is -2.66. The van der Waals surface area contributed by atoms with Crippen LogP contribution in [0.4, 0.5) is 0 Å². The third-order valence-corrected chi connectivity index (χ3v) is 4.51. The van der Waals surface area contributed by atoms with Crippen LogP contribution in [-0.4, -0.2) is 21.2 Å². The van der Waals surface area contributed by atoms with Gasteiger partial charge in [0.15, 0.2) is 5.82 Å². The molecule has 0 aliphatic heterocycles. The zero-order valence-corrected chi connectivity index (χ0v) is 13.9. The van der Waals surface area contributed by atoms with E-state index in [0.717, 1.165) is 16.5 Å². The van der Waals surface area contributed by atoms with Crippen molar-refractivity contribution in [1.29, 1.82) is 0 Å². The summed E-state index contributed by atoms with van der Waals surface area (Å²) in [4.78, 5) is 20.1. The number of nitrogens with zero attached hydrogens (tertiary/aromatic N) is 2. The first-order chi connectivity index (χ1) is 11.6. The Bertz CT molecular complexity index is 894. The molecule has 0 aliphatic carbocycles. The Kier molecular flexibility index (Phi) is 4.91. The summed E-state index contributed by atoms with van der Waals surface area (Å²) in [7, 11) is 0. The molecule has 2 aromatic carbocycles. The molecule has 120 valence electrons. The van der Waals surface area contributed by atoms with Crippen LogP contribution in [0.3, 0.4) is 0 Å². The van der Waals surface area contributed by atoms with Gasteiger partial charge in [-0.2, -0.15) is 0 Å². The van der Waals surface area contributed by atoms with E-state index < -0.39 is 11.2 Å². The Labute approximate surface area is 144 Å². The van der Waals surface area contributed by atoms with Gasteiger partial charge in [-0.15, -0.1) is 0 Å². The van der Waals surface area contributed by atoms with Crippen molar-refractivity contribution >= 4 is 40.8 Å². The van der Waals surface area contributed by atoms with E-state index >= 15 is 0 Å². The SMILES string of the molecule is C[C@H](Sc1nc(/C=C/c2ccccc2)nc2ccccc12)C(=O)[O-]. The molecule has 0 fully saturated rings. The third-order valence-electron chi connectivity index (χ3n) is 3.43. The minimum Gasteiger partial charge on any atom is -0.549 e. The fourth-order valence-electron chi connectivity index (χ4n) is 2.18. The summed E-state index contributed by atoms with van der Waals surface area (Å²) in [6.45, 7) is 1.59. The Morgan fingerprint density at radius 2 is 1.75 bits per heavy atom. The molecule has 0 aliphatic rings. The minimum absolute atomic E-state index is 0.547. The lowest BCUT2D eigenvalue weighted by atomic mass is 10.2. The lowest BCUT2D eigenvalue weighted by molar-refractivity contribution is -0.304. The van der Waals surface area contributed by atoms with Gasteiger partial charge in [-0.3, -0.25) is 0 Å². The summed E-state index contributed by atoms with van der Waals surface area (Å²) in [6, 6.07) is 17.4. The predicted molar refractivity (Wildman–Crippen MR) is 95.2 cm³/mol. The number of hydrogen-bond acceptors (Lipinski definition) is 5. The van der Waals surface area contributed by atoms with Gasteiger partial charge in [-0.25, -0.2) is 9.97 Å². The largest absolute Gasteiger partial charge is 0.549 e. The molecule has 3 rings (SSSR count). The number of carbonyl (C=O) groups is 1. The van der Waals surface area contributed by atoms with E-state index in [-0.39, 0.29) is 0 Å². The summed E-state index contributed by atoms with van der Waals surface area (Å²) in [5.74, 6) is -0.560. The zero-order valence-electron chi connectivity index (χ0n) is 13.0. The van der Waals surface area contributed by atoms with Crippen molar-refractivity contribution in [2.75, 3.05) is 0 Å². The van der Waals surface area contributed by atoms with Crippen LogP contribution >= 0.6 is 11.8 Å². The van der Waals surface area contributed by atoms with Gasteiger partial charge < -0.3 is 9.90 Å². The zero-order chi connectivity index (χ0) is 16.9. The summed E-state index contributed by atoms with van der Waals surface area (Å²) in [5.41, 5.74) is 1.83. The maximum absolute atomic E-state index is 11.0. The van der Waals surface area contributed by atoms with E-state index in [0.29, 0.717) is 10.9 Å². The van der Waals surface area contributed by atoms with E-state index in [1.165, 1.54) is 11.8 Å². The fourth-order valence-corrected chi connectivity index (χ4v) is 3.06. The lowest BCUT2D eigenvalue weighted by Gasteiger charge is -2.13. The van der Waals surface area contributed by atoms with Crippen molar-refractivity contribution in [2.45, 2.75) is 17.2 Å². The van der Waals surface area contributed by atoms with Gasteiger partial charge in [0, 0.05) is 10.6 Å². The number of fused-ring (bicyclic) bond motifs is 1. The maximum atomic E-state index is 11.0. The van der Waals surface area contributed by atoms with E-state index in [9.17, 15) is 9.90 Å².